The molecule has 202 valence electrons. The van der Waals surface area contributed by atoms with Gasteiger partial charge in [-0.25, -0.2) is 15.0 Å². The van der Waals surface area contributed by atoms with Crippen LogP contribution < -0.4 is 15.4 Å². The second-order valence-electron chi connectivity index (χ2n) is 11.4. The number of aromatic nitrogens is 4. The summed E-state index contributed by atoms with van der Waals surface area (Å²) >= 11 is 8.60. The summed E-state index contributed by atoms with van der Waals surface area (Å²) in [5.74, 6) is 1.66. The number of rotatable bonds is 6. The third-order valence-electron chi connectivity index (χ3n) is 7.73. The Labute approximate surface area is 239 Å². The summed E-state index contributed by atoms with van der Waals surface area (Å²) in [5, 5.41) is 1.35. The smallest absolute Gasteiger partial charge is 0.158 e. The predicted octanol–water partition coefficient (Wildman–Crippen LogP) is 5.53. The van der Waals surface area contributed by atoms with Crippen LogP contribution in [-0.2, 0) is 17.8 Å². The first-order chi connectivity index (χ1) is 18.1. The fourth-order valence-electron chi connectivity index (χ4n) is 5.35. The maximum Gasteiger partial charge on any atom is 0.158 e. The van der Waals surface area contributed by atoms with Crippen LogP contribution in [0.2, 0.25) is 5.02 Å². The summed E-state index contributed by atoms with van der Waals surface area (Å²) in [7, 11) is 0. The van der Waals surface area contributed by atoms with Gasteiger partial charge >= 0.3 is 0 Å². The molecule has 6 rings (SSSR count). The van der Waals surface area contributed by atoms with Gasteiger partial charge in [-0.2, -0.15) is 0 Å². The molecular formula is C26H32ClN7OS3. The molecule has 2 fully saturated rings. The molecule has 0 radical (unpaired) electrons. The molecule has 0 aromatic carbocycles. The van der Waals surface area contributed by atoms with Crippen molar-refractivity contribution in [3.8, 4) is 0 Å². The average Bonchev–Trinajstić information content (AvgIpc) is 3.56. The molecule has 3 N–H and O–H groups in total. The fourth-order valence-corrected chi connectivity index (χ4v) is 8.53. The number of hydrogen-bond donors (Lipinski definition) is 2. The Balaban J connectivity index is 1.16. The van der Waals surface area contributed by atoms with Gasteiger partial charge in [0, 0.05) is 51.8 Å². The van der Waals surface area contributed by atoms with E-state index in [1.54, 1.807) is 17.5 Å². The Morgan fingerprint density at radius 1 is 1.24 bits per heavy atom. The lowest BCUT2D eigenvalue weighted by atomic mass is 9.74. The van der Waals surface area contributed by atoms with Gasteiger partial charge in [0.15, 0.2) is 5.82 Å². The van der Waals surface area contributed by atoms with Crippen molar-refractivity contribution in [1.29, 1.82) is 0 Å². The van der Waals surface area contributed by atoms with Gasteiger partial charge in [-0.1, -0.05) is 23.4 Å². The van der Waals surface area contributed by atoms with Crippen LogP contribution in [0.3, 0.4) is 0 Å². The molecule has 3 aromatic rings. The van der Waals surface area contributed by atoms with E-state index < -0.39 is 11.4 Å². The van der Waals surface area contributed by atoms with E-state index in [4.69, 9.17) is 22.3 Å². The topological polar surface area (TPSA) is 116 Å². The van der Waals surface area contributed by atoms with Crippen LogP contribution >= 0.6 is 34.7 Å². The van der Waals surface area contributed by atoms with Crippen molar-refractivity contribution in [1.82, 2.24) is 24.7 Å². The van der Waals surface area contributed by atoms with Crippen LogP contribution in [0.5, 0.6) is 0 Å². The van der Waals surface area contributed by atoms with Crippen molar-refractivity contribution in [3.63, 3.8) is 0 Å². The number of nitrogen functional groups attached to an aromatic ring is 1. The maximum absolute atomic E-state index is 13.1. The van der Waals surface area contributed by atoms with E-state index in [0.717, 1.165) is 67.3 Å². The number of nitrogens with two attached hydrogens (primary N) is 1. The monoisotopic (exact) mass is 589 g/mol. The Morgan fingerprint density at radius 2 is 2.00 bits per heavy atom. The standard InChI is InChI=1S/C26H32ClN7OS3/c1-25(2,3)38(35)33-22-21-16(31-14-36-21)12-26(22)7-10-34(11-8-26)18-13-30-24(23(28)32-18)37-17-6-9-29-20(19(17)27)15-4-5-15/h6,9,13-15,22,33H,4-5,7-8,10-12H2,1-3H3,(H2,28,32)/t22-,38?/m1/s1. The quantitative estimate of drug-likeness (QED) is 0.358. The molecule has 1 saturated carbocycles. The van der Waals surface area contributed by atoms with Crippen molar-refractivity contribution < 1.29 is 4.55 Å². The van der Waals surface area contributed by atoms with E-state index in [2.05, 4.69) is 24.6 Å². The molecule has 2 aliphatic carbocycles. The van der Waals surface area contributed by atoms with Gasteiger partial charge < -0.3 is 15.2 Å². The average molecular weight is 590 g/mol. The Kier molecular flexibility index (Phi) is 7.05. The molecule has 1 unspecified atom stereocenters. The second kappa shape index (κ2) is 10.1. The Bertz CT molecular complexity index is 1330. The zero-order chi connectivity index (χ0) is 26.7. The molecule has 0 amide bonds. The predicted molar refractivity (Wildman–Crippen MR) is 155 cm³/mol. The third-order valence-corrected chi connectivity index (χ3v) is 11.8. The number of pyridine rings is 1. The molecular weight excluding hydrogens is 558 g/mol. The van der Waals surface area contributed by atoms with Crippen LogP contribution in [0.4, 0.5) is 11.6 Å². The second-order valence-corrected chi connectivity index (χ2v) is 15.7. The first kappa shape index (κ1) is 26.6. The number of nitrogens with one attached hydrogen (secondary N) is 1. The van der Waals surface area contributed by atoms with Crippen LogP contribution in [0.1, 0.15) is 74.7 Å². The van der Waals surface area contributed by atoms with E-state index in [1.165, 1.54) is 16.6 Å². The lowest BCUT2D eigenvalue weighted by molar-refractivity contribution is 0.176. The normalized spacial score (nSPS) is 21.6. The minimum Gasteiger partial charge on any atom is -0.598 e. The molecule has 3 aliphatic rings. The number of halogens is 1. The molecule has 4 heterocycles. The molecule has 2 atom stereocenters. The summed E-state index contributed by atoms with van der Waals surface area (Å²) in [5.41, 5.74) is 10.4. The molecule has 0 bridgehead atoms. The SMILES string of the molecule is CC(C)(C)[S+]([O-])N[C@@H]1c2scnc2CC12CCN(c1cnc(Sc3ccnc(C4CC4)c3Cl)c(N)n1)CC2. The van der Waals surface area contributed by atoms with E-state index >= 15 is 0 Å². The zero-order valence-corrected chi connectivity index (χ0v) is 24.9. The van der Waals surface area contributed by atoms with Crippen molar-refractivity contribution in [3.05, 3.63) is 45.3 Å². The minimum absolute atomic E-state index is 0.00103. The highest BCUT2D eigenvalue weighted by molar-refractivity contribution is 7.99. The van der Waals surface area contributed by atoms with Gasteiger partial charge in [0.1, 0.15) is 15.6 Å². The van der Waals surface area contributed by atoms with Crippen LogP contribution in [0, 0.1) is 5.41 Å². The van der Waals surface area contributed by atoms with E-state index in [1.807, 2.05) is 38.5 Å². The first-order valence-corrected chi connectivity index (χ1v) is 16.2. The summed E-state index contributed by atoms with van der Waals surface area (Å²) in [6.07, 6.45) is 8.71. The zero-order valence-electron chi connectivity index (χ0n) is 21.7. The highest BCUT2D eigenvalue weighted by Gasteiger charge is 2.52. The van der Waals surface area contributed by atoms with Crippen molar-refractivity contribution in [2.75, 3.05) is 23.7 Å². The van der Waals surface area contributed by atoms with Crippen LogP contribution in [0.15, 0.2) is 33.9 Å². The largest absolute Gasteiger partial charge is 0.598 e. The molecule has 38 heavy (non-hydrogen) atoms. The minimum atomic E-state index is -1.16. The number of nitrogens with zero attached hydrogens (tertiary/aromatic N) is 5. The lowest BCUT2D eigenvalue weighted by Gasteiger charge is -2.43. The molecule has 8 nitrogen and oxygen atoms in total. The molecule has 1 aliphatic heterocycles. The van der Waals surface area contributed by atoms with Crippen LogP contribution in [-0.4, -0.2) is 42.3 Å². The summed E-state index contributed by atoms with van der Waals surface area (Å²) in [6, 6.07) is 1.96. The van der Waals surface area contributed by atoms with E-state index in [0.29, 0.717) is 21.8 Å². The number of hydrogen-bond acceptors (Lipinski definition) is 10. The highest BCUT2D eigenvalue weighted by Crippen LogP contribution is 2.54. The number of fused-ring (bicyclic) bond motifs is 1. The van der Waals surface area contributed by atoms with Crippen LogP contribution in [0.25, 0.3) is 0 Å². The highest BCUT2D eigenvalue weighted by atomic mass is 35.5. The van der Waals surface area contributed by atoms with Gasteiger partial charge in [-0.05, 0) is 58.9 Å². The molecule has 1 spiro atoms. The van der Waals surface area contributed by atoms with E-state index in [9.17, 15) is 4.55 Å². The Morgan fingerprint density at radius 3 is 2.68 bits per heavy atom. The number of anilines is 2. The van der Waals surface area contributed by atoms with Crippen molar-refractivity contribution in [2.45, 2.75) is 79.5 Å². The van der Waals surface area contributed by atoms with Crippen molar-refractivity contribution >= 4 is 57.7 Å². The first-order valence-electron chi connectivity index (χ1n) is 12.9. The van der Waals surface area contributed by atoms with Gasteiger partial charge in [0.25, 0.3) is 0 Å². The fraction of sp³-hybridized carbons (Fsp3) is 0.538. The molecule has 12 heteroatoms. The molecule has 3 aromatic heterocycles. The van der Waals surface area contributed by atoms with Gasteiger partial charge in [-0.15, -0.1) is 16.1 Å². The molecule has 1 saturated heterocycles. The summed E-state index contributed by atoms with van der Waals surface area (Å²) in [6.45, 7) is 7.68. The number of piperidine rings is 1. The van der Waals surface area contributed by atoms with E-state index in [-0.39, 0.29) is 16.2 Å². The maximum atomic E-state index is 13.1. The van der Waals surface area contributed by atoms with Crippen molar-refractivity contribution in [2.24, 2.45) is 5.41 Å². The lowest BCUT2D eigenvalue weighted by Crippen LogP contribution is -2.49. The van der Waals surface area contributed by atoms with Gasteiger partial charge in [-0.3, -0.25) is 4.98 Å². The van der Waals surface area contributed by atoms with Gasteiger partial charge in [0.05, 0.1) is 34.2 Å². The number of thiazole rings is 1. The Hall–Kier alpha value is -1.63. The third kappa shape index (κ3) is 5.01. The summed E-state index contributed by atoms with van der Waals surface area (Å²) < 4.78 is 16.2. The summed E-state index contributed by atoms with van der Waals surface area (Å²) in [4.78, 5) is 22.9. The van der Waals surface area contributed by atoms with Gasteiger partial charge in [0.2, 0.25) is 0 Å².